The van der Waals surface area contributed by atoms with Crippen LogP contribution in [-0.4, -0.2) is 25.1 Å². The number of rotatable bonds is 8. The Hall–Kier alpha value is -1.39. The van der Waals surface area contributed by atoms with Crippen molar-refractivity contribution < 1.29 is 9.53 Å². The predicted octanol–water partition coefficient (Wildman–Crippen LogP) is 1.84. The van der Waals surface area contributed by atoms with Crippen LogP contribution in [0.2, 0.25) is 0 Å². The first-order valence-corrected chi connectivity index (χ1v) is 6.84. The van der Waals surface area contributed by atoms with Gasteiger partial charge in [0.2, 0.25) is 5.91 Å². The summed E-state index contributed by atoms with van der Waals surface area (Å²) in [5, 5.41) is 6.04. The van der Waals surface area contributed by atoms with E-state index in [1.54, 1.807) is 0 Å². The van der Waals surface area contributed by atoms with E-state index in [4.69, 9.17) is 4.74 Å². The van der Waals surface area contributed by atoms with Crippen molar-refractivity contribution in [3.63, 3.8) is 0 Å². The standard InChI is InChI=1S/C15H24N2O2/c1-4-16-15(18)12(3)17-10-13-8-6-7-9-14(13)11-19-5-2/h6-9,12,17H,4-5,10-11H2,1-3H3,(H,16,18). The SMILES string of the molecule is CCNC(=O)C(C)NCc1ccccc1COCC. The van der Waals surface area contributed by atoms with Crippen LogP contribution >= 0.6 is 0 Å². The molecule has 0 radical (unpaired) electrons. The van der Waals surface area contributed by atoms with Crippen LogP contribution < -0.4 is 10.6 Å². The fourth-order valence-corrected chi connectivity index (χ4v) is 1.77. The topological polar surface area (TPSA) is 50.4 Å². The third-order valence-electron chi connectivity index (χ3n) is 2.92. The first-order valence-electron chi connectivity index (χ1n) is 6.84. The molecule has 0 spiro atoms. The molecule has 0 saturated carbocycles. The lowest BCUT2D eigenvalue weighted by atomic mass is 10.1. The van der Waals surface area contributed by atoms with Crippen molar-refractivity contribution in [3.05, 3.63) is 35.4 Å². The van der Waals surface area contributed by atoms with Gasteiger partial charge < -0.3 is 15.4 Å². The van der Waals surface area contributed by atoms with Gasteiger partial charge >= 0.3 is 0 Å². The molecule has 106 valence electrons. The smallest absolute Gasteiger partial charge is 0.236 e. The third-order valence-corrected chi connectivity index (χ3v) is 2.92. The van der Waals surface area contributed by atoms with Crippen LogP contribution in [0.5, 0.6) is 0 Å². The molecular weight excluding hydrogens is 240 g/mol. The van der Waals surface area contributed by atoms with Gasteiger partial charge in [-0.3, -0.25) is 4.79 Å². The molecule has 0 fully saturated rings. The molecule has 0 bridgehead atoms. The molecule has 1 aromatic rings. The van der Waals surface area contributed by atoms with Crippen molar-refractivity contribution in [1.29, 1.82) is 0 Å². The van der Waals surface area contributed by atoms with Crippen LogP contribution in [0, 0.1) is 0 Å². The molecule has 1 unspecified atom stereocenters. The summed E-state index contributed by atoms with van der Waals surface area (Å²) in [6, 6.07) is 7.93. The van der Waals surface area contributed by atoms with E-state index in [0.717, 1.165) is 0 Å². The Labute approximate surface area is 115 Å². The van der Waals surface area contributed by atoms with Crippen molar-refractivity contribution in [2.45, 2.75) is 40.0 Å². The predicted molar refractivity (Wildman–Crippen MR) is 76.8 cm³/mol. The number of ether oxygens (including phenoxy) is 1. The fourth-order valence-electron chi connectivity index (χ4n) is 1.77. The van der Waals surface area contributed by atoms with E-state index < -0.39 is 0 Å². The molecule has 19 heavy (non-hydrogen) atoms. The highest BCUT2D eigenvalue weighted by molar-refractivity contribution is 5.81. The second-order valence-electron chi connectivity index (χ2n) is 4.40. The highest BCUT2D eigenvalue weighted by Gasteiger charge is 2.11. The molecule has 4 nitrogen and oxygen atoms in total. The maximum Gasteiger partial charge on any atom is 0.236 e. The van der Waals surface area contributed by atoms with E-state index in [1.807, 2.05) is 32.9 Å². The Morgan fingerprint density at radius 3 is 2.58 bits per heavy atom. The Morgan fingerprint density at radius 2 is 1.95 bits per heavy atom. The number of carbonyl (C=O) groups excluding carboxylic acids is 1. The number of hydrogen-bond acceptors (Lipinski definition) is 3. The average molecular weight is 264 g/mol. The monoisotopic (exact) mass is 264 g/mol. The minimum absolute atomic E-state index is 0.0322. The van der Waals surface area contributed by atoms with Gasteiger partial charge in [-0.05, 0) is 31.9 Å². The molecule has 0 saturated heterocycles. The summed E-state index contributed by atoms with van der Waals surface area (Å²) < 4.78 is 5.45. The Bertz CT molecular complexity index is 393. The first-order chi connectivity index (χ1) is 9.19. The number of amides is 1. The summed E-state index contributed by atoms with van der Waals surface area (Å²) in [4.78, 5) is 11.6. The van der Waals surface area contributed by atoms with E-state index in [2.05, 4.69) is 22.8 Å². The lowest BCUT2D eigenvalue weighted by Crippen LogP contribution is -2.41. The van der Waals surface area contributed by atoms with E-state index in [0.29, 0.717) is 26.3 Å². The Kier molecular flexibility index (Phi) is 7.15. The molecule has 0 aliphatic heterocycles. The summed E-state index contributed by atoms with van der Waals surface area (Å²) in [5.41, 5.74) is 2.34. The molecule has 0 heterocycles. The Balaban J connectivity index is 2.54. The van der Waals surface area contributed by atoms with Gasteiger partial charge in [0.1, 0.15) is 0 Å². The van der Waals surface area contributed by atoms with Gasteiger partial charge in [0.25, 0.3) is 0 Å². The van der Waals surface area contributed by atoms with Gasteiger partial charge in [-0.1, -0.05) is 24.3 Å². The van der Waals surface area contributed by atoms with E-state index in [-0.39, 0.29) is 11.9 Å². The summed E-state index contributed by atoms with van der Waals surface area (Å²) in [6.45, 7) is 8.42. The molecule has 4 heteroatoms. The summed E-state index contributed by atoms with van der Waals surface area (Å²) >= 11 is 0. The van der Waals surface area contributed by atoms with Crippen molar-refractivity contribution in [1.82, 2.24) is 10.6 Å². The largest absolute Gasteiger partial charge is 0.377 e. The second kappa shape index (κ2) is 8.67. The quantitative estimate of drug-likeness (QED) is 0.753. The number of benzene rings is 1. The van der Waals surface area contributed by atoms with Crippen molar-refractivity contribution >= 4 is 5.91 Å². The zero-order chi connectivity index (χ0) is 14.1. The highest BCUT2D eigenvalue weighted by Crippen LogP contribution is 2.10. The molecule has 0 aliphatic carbocycles. The molecule has 1 aromatic carbocycles. The van der Waals surface area contributed by atoms with Crippen LogP contribution in [0.1, 0.15) is 31.9 Å². The van der Waals surface area contributed by atoms with Crippen LogP contribution in [0.15, 0.2) is 24.3 Å². The molecular formula is C15H24N2O2. The van der Waals surface area contributed by atoms with Crippen LogP contribution in [0.25, 0.3) is 0 Å². The maximum absolute atomic E-state index is 11.6. The lowest BCUT2D eigenvalue weighted by Gasteiger charge is -2.15. The van der Waals surface area contributed by atoms with Gasteiger partial charge in [0, 0.05) is 19.7 Å². The second-order valence-corrected chi connectivity index (χ2v) is 4.40. The van der Waals surface area contributed by atoms with Gasteiger partial charge in [-0.25, -0.2) is 0 Å². The normalized spacial score (nSPS) is 12.2. The zero-order valence-electron chi connectivity index (χ0n) is 12.0. The number of hydrogen-bond donors (Lipinski definition) is 2. The van der Waals surface area contributed by atoms with Gasteiger partial charge in [0.15, 0.2) is 0 Å². The van der Waals surface area contributed by atoms with Crippen LogP contribution in [0.3, 0.4) is 0 Å². The minimum atomic E-state index is -0.194. The molecule has 2 N–H and O–H groups in total. The zero-order valence-corrected chi connectivity index (χ0v) is 12.0. The van der Waals surface area contributed by atoms with E-state index >= 15 is 0 Å². The Morgan fingerprint density at radius 1 is 1.26 bits per heavy atom. The fraction of sp³-hybridized carbons (Fsp3) is 0.533. The summed E-state index contributed by atoms with van der Waals surface area (Å²) in [7, 11) is 0. The molecule has 0 aliphatic rings. The van der Waals surface area contributed by atoms with Crippen molar-refractivity contribution in [2.24, 2.45) is 0 Å². The van der Waals surface area contributed by atoms with Crippen LogP contribution in [-0.2, 0) is 22.7 Å². The number of nitrogens with one attached hydrogen (secondary N) is 2. The van der Waals surface area contributed by atoms with Gasteiger partial charge in [-0.2, -0.15) is 0 Å². The molecule has 0 aromatic heterocycles. The summed E-state index contributed by atoms with van der Waals surface area (Å²) in [5.74, 6) is 0.0322. The van der Waals surface area contributed by atoms with E-state index in [9.17, 15) is 4.79 Å². The van der Waals surface area contributed by atoms with Crippen LogP contribution in [0.4, 0.5) is 0 Å². The maximum atomic E-state index is 11.6. The first kappa shape index (κ1) is 15.7. The summed E-state index contributed by atoms with van der Waals surface area (Å²) in [6.07, 6.45) is 0. The average Bonchev–Trinajstić information content (AvgIpc) is 2.43. The van der Waals surface area contributed by atoms with Gasteiger partial charge in [-0.15, -0.1) is 0 Å². The number of carbonyl (C=O) groups is 1. The lowest BCUT2D eigenvalue weighted by molar-refractivity contribution is -0.122. The molecule has 1 amide bonds. The van der Waals surface area contributed by atoms with Gasteiger partial charge in [0.05, 0.1) is 12.6 Å². The minimum Gasteiger partial charge on any atom is -0.377 e. The number of likely N-dealkylation sites (N-methyl/N-ethyl adjacent to an activating group) is 1. The third kappa shape index (κ3) is 5.41. The molecule has 1 rings (SSSR count). The van der Waals surface area contributed by atoms with E-state index in [1.165, 1.54) is 11.1 Å². The molecule has 1 atom stereocenters. The highest BCUT2D eigenvalue weighted by atomic mass is 16.5. The van der Waals surface area contributed by atoms with Crippen molar-refractivity contribution in [2.75, 3.05) is 13.2 Å². The van der Waals surface area contributed by atoms with Crippen molar-refractivity contribution in [3.8, 4) is 0 Å².